The van der Waals surface area contributed by atoms with Crippen LogP contribution in [0.1, 0.15) is 53.4 Å². The van der Waals surface area contributed by atoms with E-state index in [0.29, 0.717) is 10.8 Å². The Labute approximate surface area is 88.7 Å². The topological polar surface area (TPSA) is 12.0 Å². The quantitative estimate of drug-likeness (QED) is 0.729. The molecule has 0 amide bonds. The molecule has 0 aromatic carbocycles. The first-order valence-corrected chi connectivity index (χ1v) is 6.25. The largest absolute Gasteiger partial charge is 0.313 e. The van der Waals surface area contributed by atoms with E-state index < -0.39 is 0 Å². The summed E-state index contributed by atoms with van der Waals surface area (Å²) in [5, 5.41) is 3.76. The third-order valence-electron chi connectivity index (χ3n) is 5.43. The molecule has 0 aromatic rings. The Morgan fingerprint density at radius 1 is 1.29 bits per heavy atom. The molecule has 2 bridgehead atoms. The van der Waals surface area contributed by atoms with Crippen molar-refractivity contribution >= 4 is 0 Å². The van der Waals surface area contributed by atoms with E-state index in [1.165, 1.54) is 32.2 Å². The van der Waals surface area contributed by atoms with E-state index in [1.54, 1.807) is 0 Å². The molecular formula is C13H25N. The number of nitrogens with one attached hydrogen (secondary N) is 1. The first kappa shape index (κ1) is 10.5. The normalized spacial score (nSPS) is 44.6. The van der Waals surface area contributed by atoms with Gasteiger partial charge in [-0.15, -0.1) is 0 Å². The zero-order valence-corrected chi connectivity index (χ0v) is 10.2. The zero-order chi connectivity index (χ0) is 10.4. The van der Waals surface area contributed by atoms with E-state index in [1.807, 2.05) is 0 Å². The van der Waals surface area contributed by atoms with Crippen LogP contribution in [0.3, 0.4) is 0 Å². The lowest BCUT2D eigenvalue weighted by Gasteiger charge is -2.39. The van der Waals surface area contributed by atoms with Gasteiger partial charge in [-0.2, -0.15) is 0 Å². The summed E-state index contributed by atoms with van der Waals surface area (Å²) >= 11 is 0. The highest BCUT2D eigenvalue weighted by Crippen LogP contribution is 2.65. The smallest absolute Gasteiger partial charge is 0.0129 e. The minimum Gasteiger partial charge on any atom is -0.313 e. The van der Waals surface area contributed by atoms with E-state index in [4.69, 9.17) is 0 Å². The second-order valence-corrected chi connectivity index (χ2v) is 6.12. The van der Waals surface area contributed by atoms with Gasteiger partial charge in [-0.1, -0.05) is 27.7 Å². The molecule has 0 aromatic heterocycles. The highest BCUT2D eigenvalue weighted by molar-refractivity contribution is 5.12. The van der Waals surface area contributed by atoms with Crippen LogP contribution in [-0.4, -0.2) is 12.6 Å². The van der Waals surface area contributed by atoms with Gasteiger partial charge in [0.05, 0.1) is 0 Å². The average Bonchev–Trinajstić information content (AvgIpc) is 2.46. The molecule has 0 aliphatic heterocycles. The van der Waals surface area contributed by atoms with E-state index in [-0.39, 0.29) is 0 Å². The predicted octanol–water partition coefficient (Wildman–Crippen LogP) is 3.20. The van der Waals surface area contributed by atoms with Crippen LogP contribution < -0.4 is 5.32 Å². The predicted molar refractivity (Wildman–Crippen MR) is 61.3 cm³/mol. The lowest BCUT2D eigenvalue weighted by molar-refractivity contribution is 0.121. The Kier molecular flexibility index (Phi) is 2.42. The lowest BCUT2D eigenvalue weighted by atomic mass is 9.69. The van der Waals surface area contributed by atoms with Crippen molar-refractivity contribution in [3.63, 3.8) is 0 Å². The monoisotopic (exact) mass is 195 g/mol. The maximum Gasteiger partial charge on any atom is 0.0129 e. The Hall–Kier alpha value is -0.0400. The third kappa shape index (κ3) is 1.18. The summed E-state index contributed by atoms with van der Waals surface area (Å²) in [5.74, 6) is 0.974. The van der Waals surface area contributed by atoms with Crippen molar-refractivity contribution in [1.29, 1.82) is 0 Å². The van der Waals surface area contributed by atoms with Crippen molar-refractivity contribution in [3.05, 3.63) is 0 Å². The Morgan fingerprint density at radius 2 is 2.00 bits per heavy atom. The molecule has 0 unspecified atom stereocenters. The Balaban J connectivity index is 2.11. The molecule has 14 heavy (non-hydrogen) atoms. The molecule has 3 atom stereocenters. The molecule has 2 aliphatic carbocycles. The summed E-state index contributed by atoms with van der Waals surface area (Å²) in [7, 11) is 0. The van der Waals surface area contributed by atoms with Gasteiger partial charge in [0.15, 0.2) is 0 Å². The van der Waals surface area contributed by atoms with Crippen molar-refractivity contribution in [2.24, 2.45) is 16.7 Å². The summed E-state index contributed by atoms with van der Waals surface area (Å²) in [6.07, 6.45) is 5.58. The molecule has 82 valence electrons. The number of hydrogen-bond donors (Lipinski definition) is 1. The summed E-state index contributed by atoms with van der Waals surface area (Å²) in [4.78, 5) is 0. The standard InChI is InChI=1S/C13H25N/c1-5-8-14-11-9-10-6-7-13(11,4)12(10,2)3/h10-11,14H,5-9H2,1-4H3/t10-,11-,13+/m1/s1. The van der Waals surface area contributed by atoms with E-state index >= 15 is 0 Å². The zero-order valence-electron chi connectivity index (χ0n) is 10.2. The fourth-order valence-corrected chi connectivity index (χ4v) is 3.83. The number of hydrogen-bond acceptors (Lipinski definition) is 1. The summed E-state index contributed by atoms with van der Waals surface area (Å²) in [6.45, 7) is 10.9. The van der Waals surface area contributed by atoms with Crippen molar-refractivity contribution in [2.45, 2.75) is 59.4 Å². The summed E-state index contributed by atoms with van der Waals surface area (Å²) in [6, 6.07) is 0.788. The molecule has 0 heterocycles. The second-order valence-electron chi connectivity index (χ2n) is 6.12. The molecule has 2 fully saturated rings. The van der Waals surface area contributed by atoms with Gasteiger partial charge in [-0.25, -0.2) is 0 Å². The molecule has 0 radical (unpaired) electrons. The third-order valence-corrected chi connectivity index (χ3v) is 5.43. The highest BCUT2D eigenvalue weighted by atomic mass is 15.0. The van der Waals surface area contributed by atoms with Gasteiger partial charge in [0, 0.05) is 6.04 Å². The maximum atomic E-state index is 3.76. The van der Waals surface area contributed by atoms with Crippen LogP contribution in [0.25, 0.3) is 0 Å². The minimum atomic E-state index is 0.562. The van der Waals surface area contributed by atoms with Crippen molar-refractivity contribution in [3.8, 4) is 0 Å². The first-order chi connectivity index (χ1) is 6.52. The van der Waals surface area contributed by atoms with Crippen molar-refractivity contribution < 1.29 is 0 Å². The SMILES string of the molecule is CCCN[C@@H]1C[C@H]2CC[C@]1(C)C2(C)C. The first-order valence-electron chi connectivity index (χ1n) is 6.25. The summed E-state index contributed by atoms with van der Waals surface area (Å²) in [5.41, 5.74) is 1.13. The van der Waals surface area contributed by atoms with Crippen molar-refractivity contribution in [2.75, 3.05) is 6.54 Å². The van der Waals surface area contributed by atoms with Gasteiger partial charge in [-0.3, -0.25) is 0 Å². The molecule has 1 N–H and O–H groups in total. The molecule has 2 rings (SSSR count). The molecule has 1 nitrogen and oxygen atoms in total. The van der Waals surface area contributed by atoms with Crippen LogP contribution in [-0.2, 0) is 0 Å². The minimum absolute atomic E-state index is 0.562. The fourth-order valence-electron chi connectivity index (χ4n) is 3.83. The molecule has 1 heteroatoms. The average molecular weight is 195 g/mol. The number of rotatable bonds is 3. The lowest BCUT2D eigenvalue weighted by Crippen LogP contribution is -2.44. The van der Waals surface area contributed by atoms with Gasteiger partial charge < -0.3 is 5.32 Å². The van der Waals surface area contributed by atoms with Crippen molar-refractivity contribution in [1.82, 2.24) is 5.32 Å². The van der Waals surface area contributed by atoms with Gasteiger partial charge >= 0.3 is 0 Å². The fraction of sp³-hybridized carbons (Fsp3) is 1.00. The van der Waals surface area contributed by atoms with Crippen LogP contribution in [0, 0.1) is 16.7 Å². The van der Waals surface area contributed by atoms with Crippen LogP contribution in [0.2, 0.25) is 0 Å². The van der Waals surface area contributed by atoms with E-state index in [9.17, 15) is 0 Å². The van der Waals surface area contributed by atoms with Crippen LogP contribution >= 0.6 is 0 Å². The van der Waals surface area contributed by atoms with Crippen LogP contribution in [0.5, 0.6) is 0 Å². The molecular weight excluding hydrogens is 170 g/mol. The Bertz CT molecular complexity index is 221. The molecule has 0 spiro atoms. The van der Waals surface area contributed by atoms with Gasteiger partial charge in [0.1, 0.15) is 0 Å². The molecule has 2 saturated carbocycles. The highest BCUT2D eigenvalue weighted by Gasteiger charge is 2.60. The maximum absolute atomic E-state index is 3.76. The molecule has 0 saturated heterocycles. The Morgan fingerprint density at radius 3 is 2.43 bits per heavy atom. The second kappa shape index (κ2) is 3.23. The van der Waals surface area contributed by atoms with Gasteiger partial charge in [0.25, 0.3) is 0 Å². The van der Waals surface area contributed by atoms with Crippen LogP contribution in [0.15, 0.2) is 0 Å². The van der Waals surface area contributed by atoms with Gasteiger partial charge in [-0.05, 0) is 49.0 Å². The number of fused-ring (bicyclic) bond motifs is 2. The van der Waals surface area contributed by atoms with Gasteiger partial charge in [0.2, 0.25) is 0 Å². The van der Waals surface area contributed by atoms with Crippen LogP contribution in [0.4, 0.5) is 0 Å². The summed E-state index contributed by atoms with van der Waals surface area (Å²) < 4.78 is 0. The molecule has 2 aliphatic rings. The van der Waals surface area contributed by atoms with E-state index in [0.717, 1.165) is 12.0 Å². The van der Waals surface area contributed by atoms with E-state index in [2.05, 4.69) is 33.0 Å².